The van der Waals surface area contributed by atoms with Gasteiger partial charge in [-0.2, -0.15) is 8.42 Å². The molecule has 0 spiro atoms. The summed E-state index contributed by atoms with van der Waals surface area (Å²) in [7, 11) is -3.62. The fraction of sp³-hybridized carbons (Fsp3) is 0.810. The average Bonchev–Trinajstić information content (AvgIpc) is 3.28. The van der Waals surface area contributed by atoms with E-state index in [-0.39, 0.29) is 23.0 Å². The van der Waals surface area contributed by atoms with Gasteiger partial charge in [0.2, 0.25) is 0 Å². The lowest BCUT2D eigenvalue weighted by atomic mass is 9.46. The summed E-state index contributed by atoms with van der Waals surface area (Å²) in [5, 5.41) is 0. The van der Waals surface area contributed by atoms with Crippen LogP contribution in [0.15, 0.2) is 11.6 Å². The number of hydrogen-bond acceptors (Lipinski definition) is 5. The van der Waals surface area contributed by atoms with Gasteiger partial charge in [-0.3, -0.25) is 13.8 Å². The van der Waals surface area contributed by atoms with Crippen LogP contribution in [0.1, 0.15) is 52.4 Å². The zero-order valence-electron chi connectivity index (χ0n) is 16.2. The molecule has 0 unspecified atom stereocenters. The van der Waals surface area contributed by atoms with E-state index in [1.807, 2.05) is 6.08 Å². The number of fused-ring (bicyclic) bond motifs is 7. The van der Waals surface area contributed by atoms with Crippen LogP contribution < -0.4 is 0 Å². The Morgan fingerprint density at radius 3 is 2.52 bits per heavy atom. The van der Waals surface area contributed by atoms with Crippen LogP contribution in [0.25, 0.3) is 0 Å². The lowest BCUT2D eigenvalue weighted by Gasteiger charge is -2.59. The minimum absolute atomic E-state index is 0.0607. The number of hydrogen-bond donors (Lipinski definition) is 0. The molecule has 5 nitrogen and oxygen atoms in total. The van der Waals surface area contributed by atoms with Crippen molar-refractivity contribution in [3.63, 3.8) is 0 Å². The van der Waals surface area contributed by atoms with Crippen molar-refractivity contribution in [2.45, 2.75) is 58.5 Å². The number of rotatable bonds is 2. The third-order valence-electron chi connectivity index (χ3n) is 8.63. The van der Waals surface area contributed by atoms with Crippen LogP contribution in [0.3, 0.4) is 0 Å². The first-order valence-electron chi connectivity index (χ1n) is 10.2. The number of Topliss-reactive ketones (excluding diaryl/α,β-unsaturated/α-hetero) is 1. The molecule has 5 aliphatic rings. The minimum Gasteiger partial charge on any atom is -0.299 e. The SMILES string of the molecule is C[C@]12CCC(=O)C=C1CC[C@@H]1[C@@H]2[C@H](OS(C)(=O)=O)C[C@]2(C)C(=O)[C@H]3C[C@H]3[C@@H]12. The Bertz CT molecular complexity index is 873. The maximum absolute atomic E-state index is 13.0. The number of carbonyl (C=O) groups excluding carboxylic acids is 2. The van der Waals surface area contributed by atoms with E-state index >= 15 is 0 Å². The van der Waals surface area contributed by atoms with Gasteiger partial charge in [0.1, 0.15) is 5.78 Å². The smallest absolute Gasteiger partial charge is 0.264 e. The molecule has 0 saturated heterocycles. The van der Waals surface area contributed by atoms with Crippen LogP contribution in [0.2, 0.25) is 0 Å². The zero-order chi connectivity index (χ0) is 19.4. The molecular weight excluding hydrogens is 364 g/mol. The molecular formula is C21H28O5S. The summed E-state index contributed by atoms with van der Waals surface area (Å²) in [6.45, 7) is 4.25. The summed E-state index contributed by atoms with van der Waals surface area (Å²) in [6, 6.07) is 0. The van der Waals surface area contributed by atoms with E-state index in [0.29, 0.717) is 36.4 Å². The zero-order valence-corrected chi connectivity index (χ0v) is 17.1. The van der Waals surface area contributed by atoms with E-state index in [1.165, 1.54) is 5.57 Å². The Kier molecular flexibility index (Phi) is 3.56. The summed E-state index contributed by atoms with van der Waals surface area (Å²) in [4.78, 5) is 25.1. The predicted octanol–water partition coefficient (Wildman–Crippen LogP) is 2.90. The van der Waals surface area contributed by atoms with Crippen molar-refractivity contribution in [1.82, 2.24) is 0 Å². The van der Waals surface area contributed by atoms with E-state index in [2.05, 4.69) is 13.8 Å². The van der Waals surface area contributed by atoms with Crippen molar-refractivity contribution in [2.75, 3.05) is 6.26 Å². The van der Waals surface area contributed by atoms with Crippen LogP contribution >= 0.6 is 0 Å². The van der Waals surface area contributed by atoms with Crippen LogP contribution in [0, 0.1) is 40.4 Å². The van der Waals surface area contributed by atoms with E-state index in [9.17, 15) is 18.0 Å². The Morgan fingerprint density at radius 2 is 1.81 bits per heavy atom. The van der Waals surface area contributed by atoms with E-state index < -0.39 is 21.6 Å². The highest BCUT2D eigenvalue weighted by atomic mass is 32.2. The van der Waals surface area contributed by atoms with Crippen LogP contribution in [0.5, 0.6) is 0 Å². The van der Waals surface area contributed by atoms with Gasteiger partial charge in [-0.25, -0.2) is 0 Å². The van der Waals surface area contributed by atoms with Crippen LogP contribution in [-0.4, -0.2) is 32.3 Å². The molecule has 5 rings (SSSR count). The average molecular weight is 393 g/mol. The quantitative estimate of drug-likeness (QED) is 0.675. The molecule has 0 heterocycles. The molecule has 0 aromatic carbocycles. The highest BCUT2D eigenvalue weighted by Gasteiger charge is 2.72. The van der Waals surface area contributed by atoms with E-state index in [0.717, 1.165) is 31.9 Å². The third-order valence-corrected chi connectivity index (χ3v) is 9.22. The fourth-order valence-corrected chi connectivity index (χ4v) is 8.28. The molecule has 6 heteroatoms. The lowest BCUT2D eigenvalue weighted by Crippen LogP contribution is -2.58. The molecule has 0 bridgehead atoms. The first-order valence-corrected chi connectivity index (χ1v) is 12.0. The second-order valence-electron chi connectivity index (χ2n) is 10.1. The van der Waals surface area contributed by atoms with Crippen molar-refractivity contribution < 1.29 is 22.2 Å². The Labute approximate surface area is 161 Å². The van der Waals surface area contributed by atoms with Gasteiger partial charge in [0, 0.05) is 17.8 Å². The molecule has 27 heavy (non-hydrogen) atoms. The van der Waals surface area contributed by atoms with Gasteiger partial charge in [0.15, 0.2) is 5.78 Å². The van der Waals surface area contributed by atoms with Gasteiger partial charge in [-0.1, -0.05) is 19.4 Å². The summed E-state index contributed by atoms with van der Waals surface area (Å²) < 4.78 is 29.8. The first-order chi connectivity index (χ1) is 12.5. The standard InChI is InChI=1S/C21H28O5S/c1-20-7-6-12(22)8-11(20)4-5-13-17-14-9-15(14)19(23)21(17,2)10-16(18(13)20)26-27(3,24)25/h8,13-18H,4-7,9-10H2,1-3H3/t13-,14+,15-,16+,17+,18+,20-,21-/m0/s1. The first kappa shape index (κ1) is 18.0. The van der Waals surface area contributed by atoms with Crippen molar-refractivity contribution >= 4 is 21.7 Å². The van der Waals surface area contributed by atoms with Crippen molar-refractivity contribution in [3.05, 3.63) is 11.6 Å². The maximum Gasteiger partial charge on any atom is 0.264 e. The monoisotopic (exact) mass is 392 g/mol. The van der Waals surface area contributed by atoms with Crippen molar-refractivity contribution in [1.29, 1.82) is 0 Å². The summed E-state index contributed by atoms with van der Waals surface area (Å²) in [5.41, 5.74) is 0.512. The van der Waals surface area contributed by atoms with Gasteiger partial charge >= 0.3 is 0 Å². The van der Waals surface area contributed by atoms with E-state index in [1.54, 1.807) is 0 Å². The van der Waals surface area contributed by atoms with Gasteiger partial charge in [0.25, 0.3) is 10.1 Å². The molecule has 0 aromatic heterocycles. The van der Waals surface area contributed by atoms with Gasteiger partial charge in [0.05, 0.1) is 12.4 Å². The fourth-order valence-electron chi connectivity index (χ4n) is 7.64. The molecule has 0 N–H and O–H groups in total. The molecule has 5 aliphatic carbocycles. The van der Waals surface area contributed by atoms with Crippen molar-refractivity contribution in [3.8, 4) is 0 Å². The maximum atomic E-state index is 13.0. The number of ketones is 2. The minimum atomic E-state index is -3.62. The molecule has 8 atom stereocenters. The van der Waals surface area contributed by atoms with Crippen LogP contribution in [0.4, 0.5) is 0 Å². The largest absolute Gasteiger partial charge is 0.299 e. The topological polar surface area (TPSA) is 77.5 Å². The molecule has 0 radical (unpaired) electrons. The highest BCUT2D eigenvalue weighted by Crippen LogP contribution is 2.72. The third kappa shape index (κ3) is 2.41. The molecule has 148 valence electrons. The van der Waals surface area contributed by atoms with E-state index in [4.69, 9.17) is 4.18 Å². The normalized spacial score (nSPS) is 51.0. The molecule has 0 amide bonds. The summed E-state index contributed by atoms with van der Waals surface area (Å²) in [5.74, 6) is 1.89. The molecule has 4 saturated carbocycles. The summed E-state index contributed by atoms with van der Waals surface area (Å²) in [6.07, 6.45) is 7.03. The lowest BCUT2D eigenvalue weighted by molar-refractivity contribution is -0.148. The van der Waals surface area contributed by atoms with Gasteiger partial charge < -0.3 is 0 Å². The molecule has 4 fully saturated rings. The Morgan fingerprint density at radius 1 is 1.07 bits per heavy atom. The van der Waals surface area contributed by atoms with Gasteiger partial charge in [-0.05, 0) is 67.3 Å². The summed E-state index contributed by atoms with van der Waals surface area (Å²) >= 11 is 0. The predicted molar refractivity (Wildman–Crippen MR) is 99.2 cm³/mol. The second-order valence-corrected chi connectivity index (χ2v) is 11.7. The number of allylic oxidation sites excluding steroid dienone is 1. The molecule has 0 aliphatic heterocycles. The number of carbonyl (C=O) groups is 2. The van der Waals surface area contributed by atoms with Crippen molar-refractivity contribution in [2.24, 2.45) is 40.4 Å². The van der Waals surface area contributed by atoms with Gasteiger partial charge in [-0.15, -0.1) is 0 Å². The Balaban J connectivity index is 1.62. The molecule has 0 aromatic rings. The van der Waals surface area contributed by atoms with Crippen LogP contribution in [-0.2, 0) is 23.9 Å². The Hall–Kier alpha value is -1.01. The second kappa shape index (κ2) is 5.32. The highest BCUT2D eigenvalue weighted by molar-refractivity contribution is 7.86.